The smallest absolute Gasteiger partial charge is 0.247 e. The first-order valence-electron chi connectivity index (χ1n) is 6.23. The molecule has 0 bridgehead atoms. The maximum Gasteiger partial charge on any atom is 0.247 e. The highest BCUT2D eigenvalue weighted by Crippen LogP contribution is 2.20. The zero-order valence-electron chi connectivity index (χ0n) is 11.3. The van der Waals surface area contributed by atoms with Gasteiger partial charge in [0, 0.05) is 11.3 Å². The molecule has 0 aromatic heterocycles. The van der Waals surface area contributed by atoms with E-state index >= 15 is 0 Å². The molecule has 2 rings (SSSR count). The number of amides is 1. The Bertz CT molecular complexity index is 725. The Morgan fingerprint density at radius 2 is 2.00 bits per heavy atom. The van der Waals surface area contributed by atoms with Crippen molar-refractivity contribution in [2.45, 2.75) is 0 Å². The molecule has 21 heavy (non-hydrogen) atoms. The quantitative estimate of drug-likeness (QED) is 0.447. The van der Waals surface area contributed by atoms with Gasteiger partial charge in [-0.15, -0.1) is 0 Å². The van der Waals surface area contributed by atoms with E-state index in [9.17, 15) is 9.18 Å². The first-order valence-corrected chi connectivity index (χ1v) is 6.23. The first-order chi connectivity index (χ1) is 10.0. The number of halogens is 1. The summed E-state index contributed by atoms with van der Waals surface area (Å²) in [7, 11) is 0. The lowest BCUT2D eigenvalue weighted by Crippen LogP contribution is -2.41. The van der Waals surface area contributed by atoms with Gasteiger partial charge < -0.3 is 11.1 Å². The fourth-order valence-corrected chi connectivity index (χ4v) is 1.89. The fraction of sp³-hybridized carbons (Fsp3) is 0. The summed E-state index contributed by atoms with van der Waals surface area (Å²) in [5, 5.41) is 8.69. The van der Waals surface area contributed by atoms with Crippen LogP contribution in [0.4, 0.5) is 15.8 Å². The summed E-state index contributed by atoms with van der Waals surface area (Å²) in [4.78, 5) is 11.3. The van der Waals surface area contributed by atoms with Crippen LogP contribution in [0.1, 0.15) is 11.1 Å². The topological polar surface area (TPSA) is 80.7 Å². The highest BCUT2D eigenvalue weighted by molar-refractivity contribution is 6.12. The molecule has 0 aliphatic heterocycles. The Morgan fingerprint density at radius 3 is 2.71 bits per heavy atom. The van der Waals surface area contributed by atoms with Gasteiger partial charge in [-0.2, -0.15) is 0 Å². The van der Waals surface area contributed by atoms with E-state index in [1.54, 1.807) is 30.3 Å². The average molecular weight is 284 g/mol. The average Bonchev–Trinajstić information content (AvgIpc) is 2.49. The number of benzene rings is 2. The molecule has 0 unspecified atom stereocenters. The molecule has 0 spiro atoms. The second-order valence-electron chi connectivity index (χ2n) is 4.39. The van der Waals surface area contributed by atoms with Crippen LogP contribution >= 0.6 is 0 Å². The Kier molecular flexibility index (Phi) is 4.13. The number of rotatable bonds is 4. The molecule has 0 aliphatic carbocycles. The molecule has 0 aliphatic rings. The SMILES string of the molecule is C=CC(=O)Nc1cccc(C(=[NH2+])c2cccc(F)c2N)c1. The lowest BCUT2D eigenvalue weighted by Gasteiger charge is -2.07. The van der Waals surface area contributed by atoms with Crippen LogP contribution in [0.5, 0.6) is 0 Å². The van der Waals surface area contributed by atoms with Crippen molar-refractivity contribution in [3.8, 4) is 0 Å². The van der Waals surface area contributed by atoms with Gasteiger partial charge in [0.25, 0.3) is 0 Å². The molecule has 2 aromatic rings. The molecule has 2 aromatic carbocycles. The van der Waals surface area contributed by atoms with Gasteiger partial charge in [0.15, 0.2) is 0 Å². The second kappa shape index (κ2) is 6.00. The molecular formula is C16H15FN3O+. The van der Waals surface area contributed by atoms with Crippen molar-refractivity contribution in [2.24, 2.45) is 0 Å². The summed E-state index contributed by atoms with van der Waals surface area (Å²) in [5.41, 5.74) is 7.65. The Labute approximate surface area is 121 Å². The maximum atomic E-state index is 13.5. The van der Waals surface area contributed by atoms with Gasteiger partial charge in [0.1, 0.15) is 5.82 Å². The molecule has 0 radical (unpaired) electrons. The van der Waals surface area contributed by atoms with Crippen LogP contribution < -0.4 is 16.5 Å². The molecule has 106 valence electrons. The summed E-state index contributed by atoms with van der Waals surface area (Å²) in [6.07, 6.45) is 1.17. The predicted molar refractivity (Wildman–Crippen MR) is 81.2 cm³/mol. The maximum absolute atomic E-state index is 13.5. The zero-order chi connectivity index (χ0) is 15.4. The zero-order valence-corrected chi connectivity index (χ0v) is 11.3. The lowest BCUT2D eigenvalue weighted by atomic mass is 10.0. The van der Waals surface area contributed by atoms with E-state index in [4.69, 9.17) is 11.1 Å². The second-order valence-corrected chi connectivity index (χ2v) is 4.39. The molecule has 0 heterocycles. The minimum Gasteiger partial charge on any atom is -0.396 e. The number of nitrogens with two attached hydrogens (primary N) is 2. The van der Waals surface area contributed by atoms with Crippen LogP contribution in [-0.2, 0) is 4.79 Å². The Hall–Kier alpha value is -2.95. The summed E-state index contributed by atoms with van der Waals surface area (Å²) in [6.45, 7) is 3.38. The van der Waals surface area contributed by atoms with Crippen LogP contribution in [0.25, 0.3) is 0 Å². The molecule has 5 N–H and O–H groups in total. The molecule has 0 saturated heterocycles. The molecule has 5 heteroatoms. The van der Waals surface area contributed by atoms with E-state index in [0.717, 1.165) is 0 Å². The molecule has 0 fully saturated rings. The van der Waals surface area contributed by atoms with E-state index in [2.05, 4.69) is 11.9 Å². The summed E-state index contributed by atoms with van der Waals surface area (Å²) >= 11 is 0. The molecular weight excluding hydrogens is 269 g/mol. The van der Waals surface area contributed by atoms with E-state index in [0.29, 0.717) is 22.5 Å². The van der Waals surface area contributed by atoms with Crippen molar-refractivity contribution >= 4 is 23.0 Å². The summed E-state index contributed by atoms with van der Waals surface area (Å²) in [5.74, 6) is -0.845. The minimum atomic E-state index is -0.522. The van der Waals surface area contributed by atoms with Crippen LogP contribution in [0, 0.1) is 5.82 Å². The van der Waals surface area contributed by atoms with Gasteiger partial charge in [0.2, 0.25) is 11.6 Å². The van der Waals surface area contributed by atoms with Crippen molar-refractivity contribution in [1.82, 2.24) is 0 Å². The van der Waals surface area contributed by atoms with Gasteiger partial charge >= 0.3 is 0 Å². The van der Waals surface area contributed by atoms with Crippen LogP contribution in [0.15, 0.2) is 55.1 Å². The van der Waals surface area contributed by atoms with Crippen LogP contribution in [-0.4, -0.2) is 11.6 Å². The number of nitrogens with one attached hydrogen (secondary N) is 1. The normalized spacial score (nSPS) is 9.95. The third-order valence-corrected chi connectivity index (χ3v) is 2.97. The number of nitrogen functional groups attached to an aromatic ring is 1. The molecule has 1 amide bonds. The van der Waals surface area contributed by atoms with E-state index in [1.807, 2.05) is 0 Å². The number of carbonyl (C=O) groups is 1. The van der Waals surface area contributed by atoms with E-state index in [1.165, 1.54) is 18.2 Å². The number of para-hydroxylation sites is 1. The highest BCUT2D eigenvalue weighted by atomic mass is 19.1. The van der Waals surface area contributed by atoms with Crippen molar-refractivity contribution in [3.63, 3.8) is 0 Å². The van der Waals surface area contributed by atoms with E-state index in [-0.39, 0.29) is 11.6 Å². The molecule has 0 atom stereocenters. The van der Waals surface area contributed by atoms with Gasteiger partial charge in [0.05, 0.1) is 11.3 Å². The summed E-state index contributed by atoms with van der Waals surface area (Å²) < 4.78 is 13.5. The monoisotopic (exact) mass is 284 g/mol. The third kappa shape index (κ3) is 3.14. The largest absolute Gasteiger partial charge is 0.396 e. The minimum absolute atomic E-state index is 0.00414. The van der Waals surface area contributed by atoms with Crippen molar-refractivity contribution in [3.05, 3.63) is 72.1 Å². The lowest BCUT2D eigenvalue weighted by molar-refractivity contribution is -0.112. The van der Waals surface area contributed by atoms with Gasteiger partial charge in [-0.25, -0.2) is 4.39 Å². The van der Waals surface area contributed by atoms with E-state index < -0.39 is 5.82 Å². The third-order valence-electron chi connectivity index (χ3n) is 2.97. The standard InChI is InChI=1S/C16H14FN3O/c1-2-14(21)20-11-6-3-5-10(9-11)15(18)12-7-4-8-13(17)16(12)19/h2-9,18H,1,19H2,(H,20,21)/p+1. The van der Waals surface area contributed by atoms with Gasteiger partial charge in [-0.05, 0) is 36.4 Å². The predicted octanol–water partition coefficient (Wildman–Crippen LogP) is 1.13. The highest BCUT2D eigenvalue weighted by Gasteiger charge is 2.16. The number of anilines is 2. The Balaban J connectivity index is 2.35. The first kappa shape index (κ1) is 14.5. The van der Waals surface area contributed by atoms with Crippen molar-refractivity contribution < 1.29 is 14.6 Å². The van der Waals surface area contributed by atoms with Crippen LogP contribution in [0.3, 0.4) is 0 Å². The van der Waals surface area contributed by atoms with Gasteiger partial charge in [-0.1, -0.05) is 18.7 Å². The summed E-state index contributed by atoms with van der Waals surface area (Å²) in [6, 6.07) is 11.3. The van der Waals surface area contributed by atoms with Gasteiger partial charge in [-0.3, -0.25) is 10.2 Å². The van der Waals surface area contributed by atoms with Crippen molar-refractivity contribution in [2.75, 3.05) is 11.1 Å². The van der Waals surface area contributed by atoms with Crippen molar-refractivity contribution in [1.29, 1.82) is 0 Å². The number of hydrogen-bond donors (Lipinski definition) is 3. The molecule has 4 nitrogen and oxygen atoms in total. The number of hydrogen-bond acceptors (Lipinski definition) is 2. The fourth-order valence-electron chi connectivity index (χ4n) is 1.89. The molecule has 0 saturated carbocycles. The Morgan fingerprint density at radius 1 is 1.29 bits per heavy atom. The van der Waals surface area contributed by atoms with Crippen LogP contribution in [0.2, 0.25) is 0 Å². The number of carbonyl (C=O) groups excluding carboxylic acids is 1.